The lowest BCUT2D eigenvalue weighted by Gasteiger charge is -2.35. The predicted molar refractivity (Wildman–Crippen MR) is 237 cm³/mol. The number of aromatic hydroxyl groups is 1. The van der Waals surface area contributed by atoms with E-state index in [2.05, 4.69) is 20.5 Å². The lowest BCUT2D eigenvalue weighted by atomic mass is 9.84. The van der Waals surface area contributed by atoms with Crippen LogP contribution in [0.2, 0.25) is 0 Å². The van der Waals surface area contributed by atoms with Crippen LogP contribution in [0.25, 0.3) is 33.3 Å². The third-order valence-electron chi connectivity index (χ3n) is 12.1. The fourth-order valence-corrected chi connectivity index (χ4v) is 8.85. The second kappa shape index (κ2) is 18.4. The van der Waals surface area contributed by atoms with E-state index in [1.54, 1.807) is 40.0 Å². The van der Waals surface area contributed by atoms with Gasteiger partial charge in [-0.3, -0.25) is 19.6 Å². The highest BCUT2D eigenvalue weighted by Gasteiger charge is 2.38. The highest BCUT2D eigenvalue weighted by Crippen LogP contribution is 2.45. The van der Waals surface area contributed by atoms with Crippen LogP contribution in [0.4, 0.5) is 28.0 Å². The van der Waals surface area contributed by atoms with Gasteiger partial charge in [0.1, 0.15) is 35.8 Å². The second-order valence-electron chi connectivity index (χ2n) is 19.2. The molecule has 0 radical (unpaired) electrons. The van der Waals surface area contributed by atoms with Crippen LogP contribution in [0, 0.1) is 11.2 Å². The van der Waals surface area contributed by atoms with Gasteiger partial charge in [-0.05, 0) is 101 Å². The number of carbonyl (C=O) groups excluding carboxylic acids is 3. The molecular formula is C47H59F4N7O7. The molecule has 3 atom stereocenters. The van der Waals surface area contributed by atoms with E-state index in [-0.39, 0.29) is 54.1 Å². The summed E-state index contributed by atoms with van der Waals surface area (Å²) in [6, 6.07) is 6.45. The maximum atomic E-state index is 16.9. The molecule has 0 saturated carbocycles. The molecule has 7 rings (SSSR count). The number of anilines is 1. The Morgan fingerprint density at radius 1 is 1.05 bits per heavy atom. The highest BCUT2D eigenvalue weighted by molar-refractivity contribution is 5.96. The molecule has 2 aromatic heterocycles. The fourth-order valence-electron chi connectivity index (χ4n) is 8.85. The van der Waals surface area contributed by atoms with Gasteiger partial charge in [0, 0.05) is 68.2 Å². The van der Waals surface area contributed by atoms with Gasteiger partial charge in [-0.15, -0.1) is 0 Å². The number of halogens is 4. The highest BCUT2D eigenvalue weighted by atomic mass is 19.4. The molecule has 0 aliphatic carbocycles. The predicted octanol–water partition coefficient (Wildman–Crippen LogP) is 7.29. The molecule has 2 saturated heterocycles. The summed E-state index contributed by atoms with van der Waals surface area (Å²) in [7, 11) is 3.51. The Bertz CT molecular complexity index is 2440. The van der Waals surface area contributed by atoms with E-state index in [1.807, 2.05) is 27.0 Å². The molecule has 0 spiro atoms. The van der Waals surface area contributed by atoms with Crippen molar-refractivity contribution in [3.05, 3.63) is 65.2 Å². The topological polar surface area (TPSA) is 151 Å². The van der Waals surface area contributed by atoms with Crippen LogP contribution >= 0.6 is 0 Å². The van der Waals surface area contributed by atoms with E-state index < -0.39 is 65.7 Å². The van der Waals surface area contributed by atoms with Crippen molar-refractivity contribution in [3.8, 4) is 28.1 Å². The first-order valence-electron chi connectivity index (χ1n) is 21.9. The number of alkyl halides is 3. The summed E-state index contributed by atoms with van der Waals surface area (Å²) in [4.78, 5) is 50.3. The number of ether oxygens (including phenoxy) is 3. The minimum atomic E-state index is -4.75. The molecule has 5 heterocycles. The van der Waals surface area contributed by atoms with Gasteiger partial charge < -0.3 is 39.0 Å². The number of hydrazine groups is 1. The number of alkyl carbamates (subject to hydrolysis) is 1. The number of hydrogen-bond donors (Lipinski definition) is 3. The van der Waals surface area contributed by atoms with Crippen molar-refractivity contribution in [2.45, 2.75) is 104 Å². The van der Waals surface area contributed by atoms with Gasteiger partial charge >= 0.3 is 18.2 Å². The minimum absolute atomic E-state index is 0.0316. The third kappa shape index (κ3) is 11.0. The van der Waals surface area contributed by atoms with Crippen molar-refractivity contribution in [2.24, 2.45) is 5.41 Å². The molecule has 3 N–H and O–H groups in total. The number of methoxy groups -OCH3 is 1. The Balaban J connectivity index is 1.48. The lowest BCUT2D eigenvalue weighted by molar-refractivity contribution is -0.155. The van der Waals surface area contributed by atoms with Crippen molar-refractivity contribution in [1.29, 1.82) is 0 Å². The molecule has 6 bridgehead atoms. The van der Waals surface area contributed by atoms with E-state index in [4.69, 9.17) is 19.2 Å². The number of rotatable bonds is 6. The molecule has 3 aliphatic heterocycles. The number of cyclic esters (lactones) is 1. The SMILES string of the molecule is CO[C@@H](C)c1ncc(N2CCN(C)CC2)cc1-c1c2c3cc(c(F)cc3n1CC(F)(F)F)-c1cc(O)cc(c1)C[C@H](NC(=O)OC(C)(C)C)C(=O)N1CCC[C@H](N1)C(=O)OCC(C)(C)C2. The van der Waals surface area contributed by atoms with Crippen LogP contribution in [0.3, 0.4) is 0 Å². The average molecular weight is 910 g/mol. The van der Waals surface area contributed by atoms with Gasteiger partial charge in [0.25, 0.3) is 5.91 Å². The number of nitrogens with zero attached hydrogens (tertiary/aromatic N) is 5. The minimum Gasteiger partial charge on any atom is -0.508 e. The summed E-state index contributed by atoms with van der Waals surface area (Å²) in [5.74, 6) is -2.39. The summed E-state index contributed by atoms with van der Waals surface area (Å²) in [6.45, 7) is 11.8. The Morgan fingerprint density at radius 2 is 1.77 bits per heavy atom. The normalized spacial score (nSPS) is 20.6. The molecule has 352 valence electrons. The number of phenols is 1. The van der Waals surface area contributed by atoms with Crippen LogP contribution < -0.4 is 15.6 Å². The van der Waals surface area contributed by atoms with Crippen LogP contribution in [0.1, 0.15) is 77.3 Å². The molecular weight excluding hydrogens is 851 g/mol. The number of benzene rings is 2. The zero-order chi connectivity index (χ0) is 47.2. The number of carbonyl (C=O) groups is 3. The van der Waals surface area contributed by atoms with E-state index in [0.29, 0.717) is 59.4 Å². The zero-order valence-electron chi connectivity index (χ0n) is 38.2. The number of phenolic OH excluding ortho intramolecular Hbond substituents is 1. The number of nitrogens with one attached hydrogen (secondary N) is 2. The average Bonchev–Trinajstić information content (AvgIpc) is 3.49. The van der Waals surface area contributed by atoms with Crippen LogP contribution in [0.5, 0.6) is 5.75 Å². The third-order valence-corrected chi connectivity index (χ3v) is 12.1. The van der Waals surface area contributed by atoms with Gasteiger partial charge in [0.05, 0.1) is 41.5 Å². The van der Waals surface area contributed by atoms with Gasteiger partial charge in [-0.1, -0.05) is 19.9 Å². The van der Waals surface area contributed by atoms with E-state index >= 15 is 4.39 Å². The number of esters is 1. The van der Waals surface area contributed by atoms with Crippen molar-refractivity contribution in [3.63, 3.8) is 0 Å². The number of piperazine rings is 1. The van der Waals surface area contributed by atoms with Crippen molar-refractivity contribution < 1.29 is 51.3 Å². The summed E-state index contributed by atoms with van der Waals surface area (Å²) >= 11 is 0. The number of likely N-dealkylation sites (N-methyl/N-ethyl adjacent to an activating group) is 1. The molecule has 2 aromatic carbocycles. The van der Waals surface area contributed by atoms with Crippen molar-refractivity contribution in [2.75, 3.05) is 58.4 Å². The molecule has 18 heteroatoms. The Hall–Kier alpha value is -5.46. The molecule has 4 aromatic rings. The zero-order valence-corrected chi connectivity index (χ0v) is 38.2. The summed E-state index contributed by atoms with van der Waals surface area (Å²) in [5.41, 5.74) is 3.64. The van der Waals surface area contributed by atoms with Crippen LogP contribution in [-0.4, -0.2) is 120 Å². The number of aromatic nitrogens is 2. The van der Waals surface area contributed by atoms with E-state index in [1.165, 1.54) is 30.3 Å². The molecule has 3 aliphatic rings. The first kappa shape index (κ1) is 47.5. The molecule has 0 unspecified atom stereocenters. The lowest BCUT2D eigenvalue weighted by Crippen LogP contribution is -2.60. The second-order valence-corrected chi connectivity index (χ2v) is 19.2. The van der Waals surface area contributed by atoms with Gasteiger partial charge in [-0.25, -0.2) is 14.6 Å². The standard InChI is InChI=1S/C47H59F4N7O7/c1-27(63-8)40-34(20-30(24-52-40)56-14-12-55(7)13-15-56)41-35-23-46(5,6)26-64-43(61)37-10-9-11-58(54-37)42(60)38(53-44(62)65-45(2,3)4)18-28-16-29(19-31(59)17-28)32-21-33(35)39(22-36(32)48)57(41)25-47(49,50)51/h16-17,19-22,24,27,37-38,54,59H,9-15,18,23,25-26H2,1-8H3,(H,53,62)/t27-,37-,38-/m0/s1. The summed E-state index contributed by atoms with van der Waals surface area (Å²) in [6.07, 6.45) is -3.97. The Morgan fingerprint density at radius 3 is 2.45 bits per heavy atom. The molecule has 65 heavy (non-hydrogen) atoms. The maximum Gasteiger partial charge on any atom is 0.408 e. The molecule has 14 nitrogen and oxygen atoms in total. The van der Waals surface area contributed by atoms with Crippen LogP contribution in [-0.2, 0) is 43.2 Å². The Labute approximate surface area is 376 Å². The number of fused-ring (bicyclic) bond motifs is 6. The smallest absolute Gasteiger partial charge is 0.408 e. The quantitative estimate of drug-likeness (QED) is 0.132. The summed E-state index contributed by atoms with van der Waals surface area (Å²) in [5, 5.41) is 15.3. The monoisotopic (exact) mass is 909 g/mol. The first-order valence-corrected chi connectivity index (χ1v) is 21.9. The van der Waals surface area contributed by atoms with E-state index in [9.17, 15) is 32.7 Å². The van der Waals surface area contributed by atoms with Gasteiger partial charge in [0.15, 0.2) is 0 Å². The molecule has 2 fully saturated rings. The Kier molecular flexibility index (Phi) is 13.5. The number of hydrogen-bond acceptors (Lipinski definition) is 11. The van der Waals surface area contributed by atoms with Crippen molar-refractivity contribution in [1.82, 2.24) is 30.2 Å². The summed E-state index contributed by atoms with van der Waals surface area (Å²) < 4.78 is 80.0. The van der Waals surface area contributed by atoms with Gasteiger partial charge in [-0.2, -0.15) is 13.2 Å². The van der Waals surface area contributed by atoms with Crippen molar-refractivity contribution >= 4 is 34.6 Å². The fraction of sp³-hybridized carbons (Fsp3) is 0.532. The molecule has 2 amide bonds. The number of pyridine rings is 1. The maximum absolute atomic E-state index is 16.9. The largest absolute Gasteiger partial charge is 0.508 e. The number of amides is 2. The van der Waals surface area contributed by atoms with Crippen LogP contribution in [0.15, 0.2) is 42.6 Å². The first-order chi connectivity index (χ1) is 30.5. The van der Waals surface area contributed by atoms with E-state index in [0.717, 1.165) is 23.7 Å². The van der Waals surface area contributed by atoms with Gasteiger partial charge in [0.2, 0.25) is 0 Å².